The summed E-state index contributed by atoms with van der Waals surface area (Å²) in [5, 5.41) is 0. The second-order valence-electron chi connectivity index (χ2n) is 7.22. The molecule has 0 fully saturated rings. The maximum absolute atomic E-state index is 13.4. The lowest BCUT2D eigenvalue weighted by molar-refractivity contribution is 0.0566. The Hall–Kier alpha value is -3.18. The number of hydrogen-bond acceptors (Lipinski definition) is 4. The van der Waals surface area contributed by atoms with Crippen molar-refractivity contribution in [3.8, 4) is 5.75 Å². The Morgan fingerprint density at radius 2 is 1.83 bits per heavy atom. The van der Waals surface area contributed by atoms with Gasteiger partial charge in [-0.2, -0.15) is 0 Å². The summed E-state index contributed by atoms with van der Waals surface area (Å²) in [6, 6.07) is 23.9. The van der Waals surface area contributed by atoms with Crippen LogP contribution in [-0.2, 0) is 13.0 Å². The molecular formula is C24H20N2O2S. The molecule has 1 aromatic heterocycles. The lowest BCUT2D eigenvalue weighted by Gasteiger charge is -2.37. The normalized spacial score (nSPS) is 15.9. The molecule has 1 amide bonds. The fourth-order valence-electron chi connectivity index (χ4n) is 3.84. The standard InChI is InChI=1S/C24H20N2O2S/c27-24(18-10-11-23-22(13-18)25-16-29-23)26-14-19-7-5-4-6-17(19)12-20(26)15-28-21-8-2-1-3-9-21/h1-11,13,16,20H,12,14-15H2/t20-/m0/s1. The zero-order valence-electron chi connectivity index (χ0n) is 15.8. The predicted molar refractivity (Wildman–Crippen MR) is 115 cm³/mol. The summed E-state index contributed by atoms with van der Waals surface area (Å²) >= 11 is 1.58. The Morgan fingerprint density at radius 3 is 2.69 bits per heavy atom. The van der Waals surface area contributed by atoms with Crippen molar-refractivity contribution in [1.29, 1.82) is 0 Å². The number of aromatic nitrogens is 1. The number of amides is 1. The van der Waals surface area contributed by atoms with Gasteiger partial charge in [0.2, 0.25) is 0 Å². The van der Waals surface area contributed by atoms with Gasteiger partial charge in [-0.1, -0.05) is 42.5 Å². The molecule has 0 aliphatic carbocycles. The Labute approximate surface area is 173 Å². The largest absolute Gasteiger partial charge is 0.491 e. The van der Waals surface area contributed by atoms with E-state index in [4.69, 9.17) is 4.74 Å². The van der Waals surface area contributed by atoms with Crippen LogP contribution in [0.3, 0.4) is 0 Å². The zero-order chi connectivity index (χ0) is 19.6. The summed E-state index contributed by atoms with van der Waals surface area (Å²) in [5.41, 5.74) is 5.84. The van der Waals surface area contributed by atoms with Crippen molar-refractivity contribution >= 4 is 27.5 Å². The van der Waals surface area contributed by atoms with Gasteiger partial charge in [-0.15, -0.1) is 11.3 Å². The average molecular weight is 401 g/mol. The molecule has 1 aliphatic heterocycles. The summed E-state index contributed by atoms with van der Waals surface area (Å²) in [6.45, 7) is 1.05. The average Bonchev–Trinajstić information content (AvgIpc) is 3.25. The van der Waals surface area contributed by atoms with Crippen LogP contribution in [0.5, 0.6) is 5.75 Å². The van der Waals surface area contributed by atoms with Crippen LogP contribution in [0.4, 0.5) is 0 Å². The van der Waals surface area contributed by atoms with Crippen LogP contribution in [0.15, 0.2) is 78.3 Å². The number of hydrogen-bond donors (Lipinski definition) is 0. The van der Waals surface area contributed by atoms with Crippen LogP contribution >= 0.6 is 11.3 Å². The summed E-state index contributed by atoms with van der Waals surface area (Å²) in [4.78, 5) is 19.7. The van der Waals surface area contributed by atoms with Gasteiger partial charge < -0.3 is 9.64 Å². The van der Waals surface area contributed by atoms with Crippen molar-refractivity contribution in [3.05, 3.63) is 95.0 Å². The molecule has 0 saturated heterocycles. The molecule has 0 spiro atoms. The number of benzene rings is 3. The first-order chi connectivity index (χ1) is 14.3. The molecule has 5 heteroatoms. The quantitative estimate of drug-likeness (QED) is 0.487. The van der Waals surface area contributed by atoms with Crippen molar-refractivity contribution in [2.45, 2.75) is 19.0 Å². The molecule has 0 radical (unpaired) electrons. The lowest BCUT2D eigenvalue weighted by Crippen LogP contribution is -2.47. The summed E-state index contributed by atoms with van der Waals surface area (Å²) in [6.07, 6.45) is 0.785. The number of carbonyl (C=O) groups is 1. The van der Waals surface area contributed by atoms with Crippen LogP contribution < -0.4 is 4.74 Å². The van der Waals surface area contributed by atoms with E-state index in [9.17, 15) is 4.79 Å². The molecule has 5 rings (SSSR count). The second-order valence-corrected chi connectivity index (χ2v) is 8.10. The second kappa shape index (κ2) is 7.68. The van der Waals surface area contributed by atoms with E-state index in [-0.39, 0.29) is 11.9 Å². The minimum absolute atomic E-state index is 0.0241. The third-order valence-electron chi connectivity index (χ3n) is 5.38. The molecule has 4 aromatic rings. The van der Waals surface area contributed by atoms with Gasteiger partial charge in [0.05, 0.1) is 21.8 Å². The van der Waals surface area contributed by atoms with Gasteiger partial charge in [0.25, 0.3) is 5.91 Å². The van der Waals surface area contributed by atoms with Gasteiger partial charge in [0.1, 0.15) is 12.4 Å². The molecule has 1 atom stereocenters. The number of rotatable bonds is 4. The maximum Gasteiger partial charge on any atom is 0.254 e. The molecule has 0 saturated carbocycles. The van der Waals surface area contributed by atoms with Crippen LogP contribution in [0.25, 0.3) is 10.2 Å². The summed E-state index contributed by atoms with van der Waals surface area (Å²) < 4.78 is 7.12. The fraction of sp³-hybridized carbons (Fsp3) is 0.167. The summed E-state index contributed by atoms with van der Waals surface area (Å²) in [7, 11) is 0. The first-order valence-corrected chi connectivity index (χ1v) is 10.5. The van der Waals surface area contributed by atoms with Crippen LogP contribution in [-0.4, -0.2) is 28.4 Å². The number of nitrogens with zero attached hydrogens (tertiary/aromatic N) is 2. The van der Waals surface area contributed by atoms with Gasteiger partial charge in [0.15, 0.2) is 0 Å². The molecule has 0 unspecified atom stereocenters. The fourth-order valence-corrected chi connectivity index (χ4v) is 4.50. The molecule has 4 nitrogen and oxygen atoms in total. The number of fused-ring (bicyclic) bond motifs is 2. The first-order valence-electron chi connectivity index (χ1n) is 9.67. The van der Waals surface area contributed by atoms with Gasteiger partial charge >= 0.3 is 0 Å². The van der Waals surface area contributed by atoms with E-state index in [0.717, 1.165) is 22.4 Å². The Morgan fingerprint density at radius 1 is 1.03 bits per heavy atom. The molecular weight excluding hydrogens is 380 g/mol. The molecule has 3 aromatic carbocycles. The zero-order valence-corrected chi connectivity index (χ0v) is 16.6. The highest BCUT2D eigenvalue weighted by atomic mass is 32.1. The number of carbonyl (C=O) groups excluding carboxylic acids is 1. The third kappa shape index (κ3) is 3.61. The van der Waals surface area contributed by atoms with Crippen molar-refractivity contribution < 1.29 is 9.53 Å². The Kier molecular flexibility index (Phi) is 4.74. The number of para-hydroxylation sites is 1. The van der Waals surface area contributed by atoms with Gasteiger partial charge in [-0.05, 0) is 47.9 Å². The Balaban J connectivity index is 1.44. The van der Waals surface area contributed by atoms with Crippen molar-refractivity contribution in [1.82, 2.24) is 9.88 Å². The molecule has 144 valence electrons. The van der Waals surface area contributed by atoms with E-state index in [2.05, 4.69) is 23.2 Å². The van der Waals surface area contributed by atoms with E-state index >= 15 is 0 Å². The lowest BCUT2D eigenvalue weighted by atomic mass is 9.93. The van der Waals surface area contributed by atoms with E-state index in [0.29, 0.717) is 18.7 Å². The van der Waals surface area contributed by atoms with Crippen molar-refractivity contribution in [3.63, 3.8) is 0 Å². The van der Waals surface area contributed by atoms with E-state index in [1.165, 1.54) is 11.1 Å². The van der Waals surface area contributed by atoms with Gasteiger partial charge in [-0.3, -0.25) is 4.79 Å². The molecule has 2 heterocycles. The van der Waals surface area contributed by atoms with Crippen molar-refractivity contribution in [2.24, 2.45) is 0 Å². The highest BCUT2D eigenvalue weighted by Crippen LogP contribution is 2.27. The maximum atomic E-state index is 13.4. The minimum atomic E-state index is -0.0243. The Bertz CT molecular complexity index is 1160. The van der Waals surface area contributed by atoms with E-state index < -0.39 is 0 Å². The van der Waals surface area contributed by atoms with Gasteiger partial charge in [0, 0.05) is 12.1 Å². The van der Waals surface area contributed by atoms with E-state index in [1.807, 2.05) is 65.0 Å². The molecule has 0 bridgehead atoms. The van der Waals surface area contributed by atoms with Crippen LogP contribution in [0.2, 0.25) is 0 Å². The highest BCUT2D eigenvalue weighted by Gasteiger charge is 2.31. The monoisotopic (exact) mass is 400 g/mol. The van der Waals surface area contributed by atoms with Crippen LogP contribution in [0, 0.1) is 0 Å². The summed E-state index contributed by atoms with van der Waals surface area (Å²) in [5.74, 6) is 0.846. The topological polar surface area (TPSA) is 42.4 Å². The van der Waals surface area contributed by atoms with Crippen molar-refractivity contribution in [2.75, 3.05) is 6.61 Å². The minimum Gasteiger partial charge on any atom is -0.491 e. The molecule has 0 N–H and O–H groups in total. The third-order valence-corrected chi connectivity index (χ3v) is 6.19. The van der Waals surface area contributed by atoms with E-state index in [1.54, 1.807) is 11.3 Å². The number of thiazole rings is 1. The smallest absolute Gasteiger partial charge is 0.254 e. The SMILES string of the molecule is O=C(c1ccc2scnc2c1)N1Cc2ccccc2C[C@H]1COc1ccccc1. The van der Waals surface area contributed by atoms with Gasteiger partial charge in [-0.25, -0.2) is 4.98 Å². The number of ether oxygens (including phenoxy) is 1. The highest BCUT2D eigenvalue weighted by molar-refractivity contribution is 7.16. The predicted octanol–water partition coefficient (Wildman–Crippen LogP) is 4.94. The molecule has 1 aliphatic rings. The van der Waals surface area contributed by atoms with Crippen LogP contribution in [0.1, 0.15) is 21.5 Å². The first kappa shape index (κ1) is 17.9. The molecule has 29 heavy (non-hydrogen) atoms.